The van der Waals surface area contributed by atoms with Crippen LogP contribution in [0.25, 0.3) is 0 Å². The van der Waals surface area contributed by atoms with E-state index in [0.717, 1.165) is 0 Å². The second kappa shape index (κ2) is 28.3. The fourth-order valence-corrected chi connectivity index (χ4v) is 1.92. The molecule has 0 unspecified atom stereocenters. The molecule has 5 aromatic carbocycles. The van der Waals surface area contributed by atoms with Gasteiger partial charge in [-0.15, -0.1) is 0 Å². The van der Waals surface area contributed by atoms with Crippen LogP contribution in [0.2, 0.25) is 0 Å². The van der Waals surface area contributed by atoms with Gasteiger partial charge in [0.2, 0.25) is 0 Å². The second-order valence-corrected chi connectivity index (χ2v) is 8.85. The number of rotatable bonds is 0. The summed E-state index contributed by atoms with van der Waals surface area (Å²) in [5, 5.41) is 0. The van der Waals surface area contributed by atoms with Crippen LogP contribution in [0.15, 0.2) is 182 Å². The maximum Gasteiger partial charge on any atom is 0.466 e. The van der Waals surface area contributed by atoms with Crippen LogP contribution in [0.1, 0.15) is 0 Å². The summed E-state index contributed by atoms with van der Waals surface area (Å²) in [5.41, 5.74) is 0. The standard InChI is InChI=1S/5C6H6.2H3O4P/c5*1-2-4-6-5-3-1;2*1-5(2,3)4/h5*1-6H;2*(H3,1,2,3,4). The van der Waals surface area contributed by atoms with E-state index in [-0.39, 0.29) is 0 Å². The quantitative estimate of drug-likeness (QED) is 0.111. The van der Waals surface area contributed by atoms with Crippen molar-refractivity contribution >= 4 is 15.6 Å². The molecule has 0 fully saturated rings. The molecule has 0 amide bonds. The Morgan fingerprint density at radius 3 is 0.250 bits per heavy atom. The topological polar surface area (TPSA) is 156 Å². The van der Waals surface area contributed by atoms with Gasteiger partial charge >= 0.3 is 15.6 Å². The molecule has 6 N–H and O–H groups in total. The molecule has 0 aromatic heterocycles. The van der Waals surface area contributed by atoms with Crippen LogP contribution in [0.3, 0.4) is 0 Å². The van der Waals surface area contributed by atoms with Crippen LogP contribution in [0.5, 0.6) is 0 Å². The van der Waals surface area contributed by atoms with Gasteiger partial charge in [-0.1, -0.05) is 182 Å². The molecule has 10 heteroatoms. The first-order chi connectivity index (χ1) is 19.0. The van der Waals surface area contributed by atoms with E-state index in [1.165, 1.54) is 0 Å². The first kappa shape index (κ1) is 38.5. The number of hydrogen-bond donors (Lipinski definition) is 6. The highest BCUT2D eigenvalue weighted by Crippen LogP contribution is 2.26. The summed E-state index contributed by atoms with van der Waals surface area (Å²) < 4.78 is 17.8. The molecular formula is C30H36O8P2. The fraction of sp³-hybridized carbons (Fsp3) is 0. The van der Waals surface area contributed by atoms with Gasteiger partial charge in [0.25, 0.3) is 0 Å². The van der Waals surface area contributed by atoms with E-state index in [1.54, 1.807) is 0 Å². The van der Waals surface area contributed by atoms with Crippen LogP contribution >= 0.6 is 15.6 Å². The van der Waals surface area contributed by atoms with Crippen molar-refractivity contribution in [2.75, 3.05) is 0 Å². The third-order valence-corrected chi connectivity index (χ3v) is 3.33. The summed E-state index contributed by atoms with van der Waals surface area (Å²) in [6.45, 7) is 0. The normalized spacial score (nSPS) is 8.95. The molecule has 8 nitrogen and oxygen atoms in total. The minimum absolute atomic E-state index is 2.00. The van der Waals surface area contributed by atoms with Gasteiger partial charge in [-0.25, -0.2) is 9.13 Å². The van der Waals surface area contributed by atoms with Gasteiger partial charge in [0.1, 0.15) is 0 Å². The highest BCUT2D eigenvalue weighted by atomic mass is 31.2. The lowest BCUT2D eigenvalue weighted by Gasteiger charge is -1.82. The van der Waals surface area contributed by atoms with E-state index in [9.17, 15) is 0 Å². The molecule has 0 atom stereocenters. The molecule has 0 saturated carbocycles. The van der Waals surface area contributed by atoms with Gasteiger partial charge in [-0.05, 0) is 0 Å². The van der Waals surface area contributed by atoms with E-state index in [4.69, 9.17) is 38.5 Å². The Morgan fingerprint density at radius 2 is 0.225 bits per heavy atom. The van der Waals surface area contributed by atoms with Crippen LogP contribution in [0.4, 0.5) is 0 Å². The SMILES string of the molecule is O=P(O)(O)O.O=P(O)(O)O.c1ccccc1.c1ccccc1.c1ccccc1.c1ccccc1.c1ccccc1. The summed E-state index contributed by atoms with van der Waals surface area (Å²) in [5.74, 6) is 0. The molecule has 5 aromatic rings. The van der Waals surface area contributed by atoms with Crippen molar-refractivity contribution in [3.05, 3.63) is 182 Å². The van der Waals surface area contributed by atoms with Crippen molar-refractivity contribution in [2.45, 2.75) is 0 Å². The summed E-state index contributed by atoms with van der Waals surface area (Å²) in [6.07, 6.45) is 0. The molecule has 40 heavy (non-hydrogen) atoms. The van der Waals surface area contributed by atoms with E-state index < -0.39 is 15.6 Å². The molecule has 0 aliphatic carbocycles. The summed E-state index contributed by atoms with van der Waals surface area (Å²) in [6, 6.07) is 60.0. The zero-order valence-corrected chi connectivity index (χ0v) is 23.5. The number of phosphoric acid groups is 2. The van der Waals surface area contributed by atoms with Crippen LogP contribution in [-0.4, -0.2) is 29.4 Å². The maximum absolute atomic E-state index is 8.88. The van der Waals surface area contributed by atoms with Crippen LogP contribution in [0, 0.1) is 0 Å². The predicted molar refractivity (Wildman–Crippen MR) is 161 cm³/mol. The lowest BCUT2D eigenvalue weighted by atomic mass is 10.4. The van der Waals surface area contributed by atoms with Crippen LogP contribution in [-0.2, 0) is 9.13 Å². The predicted octanol–water partition coefficient (Wildman–Crippen LogP) is 6.58. The molecule has 0 aliphatic heterocycles. The lowest BCUT2D eigenvalue weighted by molar-refractivity contribution is 0.272. The molecule has 0 saturated heterocycles. The number of benzene rings is 5. The van der Waals surface area contributed by atoms with Crippen LogP contribution < -0.4 is 0 Å². The Balaban J connectivity index is 0. The minimum Gasteiger partial charge on any atom is -0.303 e. The van der Waals surface area contributed by atoms with E-state index in [0.29, 0.717) is 0 Å². The van der Waals surface area contributed by atoms with Crippen molar-refractivity contribution in [3.8, 4) is 0 Å². The van der Waals surface area contributed by atoms with Crippen molar-refractivity contribution in [1.82, 2.24) is 0 Å². The summed E-state index contributed by atoms with van der Waals surface area (Å²) in [4.78, 5) is 43.1. The smallest absolute Gasteiger partial charge is 0.303 e. The highest BCUT2D eigenvalue weighted by molar-refractivity contribution is 7.45. The van der Waals surface area contributed by atoms with Crippen molar-refractivity contribution in [2.24, 2.45) is 0 Å². The molecule has 0 radical (unpaired) electrons. The molecule has 0 bridgehead atoms. The molecule has 0 aliphatic rings. The third-order valence-electron chi connectivity index (χ3n) is 3.33. The molecular weight excluding hydrogens is 550 g/mol. The average molecular weight is 587 g/mol. The van der Waals surface area contributed by atoms with E-state index >= 15 is 0 Å². The van der Waals surface area contributed by atoms with Gasteiger partial charge in [0.05, 0.1) is 0 Å². The van der Waals surface area contributed by atoms with Gasteiger partial charge in [0, 0.05) is 0 Å². The zero-order chi connectivity index (χ0) is 30.2. The Morgan fingerprint density at radius 1 is 0.200 bits per heavy atom. The second-order valence-electron chi connectivity index (χ2n) is 6.80. The Kier molecular flexibility index (Phi) is 27.2. The maximum atomic E-state index is 8.88. The lowest BCUT2D eigenvalue weighted by Crippen LogP contribution is -1.66. The van der Waals surface area contributed by atoms with Gasteiger partial charge in [0.15, 0.2) is 0 Å². The Labute approximate surface area is 236 Å². The first-order valence-corrected chi connectivity index (χ1v) is 14.7. The molecule has 0 heterocycles. The first-order valence-electron chi connectivity index (χ1n) is 11.6. The summed E-state index contributed by atoms with van der Waals surface area (Å²) >= 11 is 0. The van der Waals surface area contributed by atoms with Crippen molar-refractivity contribution in [1.29, 1.82) is 0 Å². The van der Waals surface area contributed by atoms with E-state index in [1.807, 2.05) is 182 Å². The highest BCUT2D eigenvalue weighted by Gasteiger charge is 2.00. The zero-order valence-electron chi connectivity index (χ0n) is 21.7. The van der Waals surface area contributed by atoms with E-state index in [2.05, 4.69) is 0 Å². The third kappa shape index (κ3) is 55.0. The van der Waals surface area contributed by atoms with Gasteiger partial charge < -0.3 is 29.4 Å². The van der Waals surface area contributed by atoms with Crippen molar-refractivity contribution in [3.63, 3.8) is 0 Å². The van der Waals surface area contributed by atoms with Crippen molar-refractivity contribution < 1.29 is 38.5 Å². The minimum atomic E-state index is -4.64. The Bertz CT molecular complexity index is 838. The summed E-state index contributed by atoms with van der Waals surface area (Å²) in [7, 11) is -9.28. The number of hydrogen-bond acceptors (Lipinski definition) is 2. The molecule has 214 valence electrons. The average Bonchev–Trinajstić information content (AvgIpc) is 2.97. The monoisotopic (exact) mass is 586 g/mol. The van der Waals surface area contributed by atoms with Gasteiger partial charge in [-0.3, -0.25) is 0 Å². The van der Waals surface area contributed by atoms with Gasteiger partial charge in [-0.2, -0.15) is 0 Å². The fourth-order valence-electron chi connectivity index (χ4n) is 1.92. The molecule has 5 rings (SSSR count). The Hall–Kier alpha value is -3.68. The largest absolute Gasteiger partial charge is 0.466 e. The molecule has 0 spiro atoms.